The first-order valence-electron chi connectivity index (χ1n) is 40.3. The first-order chi connectivity index (χ1) is 48.0. The van der Waals surface area contributed by atoms with Gasteiger partial charge in [-0.25, -0.2) is 9.13 Å². The first kappa shape index (κ1) is 96.0. The zero-order valence-corrected chi connectivity index (χ0v) is 65.4. The summed E-state index contributed by atoms with van der Waals surface area (Å²) in [6.45, 7) is 7.12. The van der Waals surface area contributed by atoms with Crippen LogP contribution in [-0.4, -0.2) is 96.7 Å². The van der Waals surface area contributed by atoms with E-state index >= 15 is 0 Å². The van der Waals surface area contributed by atoms with E-state index in [-0.39, 0.29) is 25.7 Å². The molecule has 0 aromatic carbocycles. The predicted molar refractivity (Wildman–Crippen MR) is 404 cm³/mol. The minimum atomic E-state index is -4.97. The van der Waals surface area contributed by atoms with E-state index in [1.807, 2.05) is 0 Å². The van der Waals surface area contributed by atoms with Crippen LogP contribution >= 0.6 is 15.6 Å². The lowest BCUT2D eigenvalue weighted by Crippen LogP contribution is -2.30. The van der Waals surface area contributed by atoms with Gasteiger partial charge in [-0.1, -0.05) is 321 Å². The Labute approximate surface area is 604 Å². The summed E-state index contributed by atoms with van der Waals surface area (Å²) in [5.41, 5.74) is 0. The van der Waals surface area contributed by atoms with Gasteiger partial charge in [0.05, 0.1) is 26.4 Å². The van der Waals surface area contributed by atoms with Crippen LogP contribution in [0.2, 0.25) is 0 Å². The minimum absolute atomic E-state index is 0.0822. The Morgan fingerprint density at radius 3 is 0.828 bits per heavy atom. The number of phosphoric acid groups is 2. The molecule has 0 saturated heterocycles. The molecular weight excluding hydrogens is 1290 g/mol. The maximum Gasteiger partial charge on any atom is 0.472 e. The molecule has 580 valence electrons. The number of phosphoric ester groups is 2. The Morgan fingerprint density at radius 1 is 0.313 bits per heavy atom. The maximum absolute atomic E-state index is 13.1. The third-order valence-corrected chi connectivity index (χ3v) is 19.4. The van der Waals surface area contributed by atoms with Crippen molar-refractivity contribution >= 4 is 39.5 Å². The first-order valence-corrected chi connectivity index (χ1v) is 43.3. The number of allylic oxidation sites excluding steroid dienone is 8. The number of unbranched alkanes of at least 4 members (excludes halogenated alkanes) is 42. The van der Waals surface area contributed by atoms with Gasteiger partial charge in [0.25, 0.3) is 0 Å². The number of carbonyl (C=O) groups excluding carboxylic acids is 4. The van der Waals surface area contributed by atoms with Crippen LogP contribution in [0.1, 0.15) is 375 Å². The monoisotopic (exact) mass is 1440 g/mol. The summed E-state index contributed by atoms with van der Waals surface area (Å²) >= 11 is 0. The molecule has 0 saturated carbocycles. The van der Waals surface area contributed by atoms with Crippen molar-refractivity contribution in [3.63, 3.8) is 0 Å². The van der Waals surface area contributed by atoms with Gasteiger partial charge in [-0.2, -0.15) is 0 Å². The van der Waals surface area contributed by atoms with Gasteiger partial charge in [-0.05, 0) is 83.0 Å². The molecule has 0 aliphatic heterocycles. The molecule has 0 heterocycles. The maximum atomic E-state index is 13.1. The molecule has 5 atom stereocenters. The van der Waals surface area contributed by atoms with Crippen molar-refractivity contribution in [2.45, 2.75) is 393 Å². The van der Waals surface area contributed by atoms with Crippen LogP contribution in [0.5, 0.6) is 0 Å². The SMILES string of the molecule is CCCCCC/C=C\C=C/CCCCCCCC(=O)OC[C@H](COP(=O)(O)OC[C@@H](O)COP(=O)(O)OC[C@@H](COC(=O)CCCCCCCCCC(C)C)OC(=O)CCCCCCC/C=C\C=C/CCCCCC)OC(=O)CCCCCCCCCCCCCCCCCCCCC. The molecule has 99 heavy (non-hydrogen) atoms. The molecule has 0 aliphatic carbocycles. The van der Waals surface area contributed by atoms with Gasteiger partial charge in [-0.15, -0.1) is 0 Å². The smallest absolute Gasteiger partial charge is 0.462 e. The van der Waals surface area contributed by atoms with Crippen LogP contribution in [0.4, 0.5) is 0 Å². The fourth-order valence-corrected chi connectivity index (χ4v) is 12.9. The average molecular weight is 1440 g/mol. The lowest BCUT2D eigenvalue weighted by Gasteiger charge is -2.21. The van der Waals surface area contributed by atoms with E-state index < -0.39 is 97.5 Å². The van der Waals surface area contributed by atoms with E-state index in [2.05, 4.69) is 83.2 Å². The Balaban J connectivity index is 5.30. The standard InChI is InChI=1S/C80H148O17P2/c1-6-9-12-15-18-21-24-27-30-31-32-33-36-39-42-45-50-56-61-66-79(84)96-75(69-90-77(82)63-58-53-48-43-40-37-34-28-25-22-19-16-13-10-7-2)71-94-98(86,87)92-67-74(81)68-93-99(88,89)95-72-76(70-91-78(83)64-59-54-51-46-47-52-57-62-73(4)5)97-80(85)65-60-55-49-44-41-38-35-29-26-23-20-17-14-11-8-3/h22-23,25-26,28-29,34-35,73-76,81H,6-21,24,27,30-33,36-72H2,1-5H3,(H,86,87)(H,88,89)/b25-22-,26-23-,34-28-,35-29-/t74-,75-,76-/m1/s1. The fourth-order valence-electron chi connectivity index (χ4n) is 11.3. The normalized spacial score (nSPS) is 14.2. The summed E-state index contributed by atoms with van der Waals surface area (Å²) in [7, 11) is -9.94. The van der Waals surface area contributed by atoms with E-state index in [0.29, 0.717) is 31.6 Å². The van der Waals surface area contributed by atoms with E-state index in [0.717, 1.165) is 128 Å². The molecule has 0 bridgehead atoms. The highest BCUT2D eigenvalue weighted by molar-refractivity contribution is 7.47. The van der Waals surface area contributed by atoms with Crippen LogP contribution < -0.4 is 0 Å². The Hall–Kier alpha value is -2.98. The van der Waals surface area contributed by atoms with E-state index in [1.165, 1.54) is 161 Å². The largest absolute Gasteiger partial charge is 0.472 e. The zero-order chi connectivity index (χ0) is 72.7. The molecule has 2 unspecified atom stereocenters. The molecule has 17 nitrogen and oxygen atoms in total. The van der Waals surface area contributed by atoms with Crippen molar-refractivity contribution in [1.82, 2.24) is 0 Å². The summed E-state index contributed by atoms with van der Waals surface area (Å²) in [5.74, 6) is -1.47. The van der Waals surface area contributed by atoms with Gasteiger partial charge in [0, 0.05) is 25.7 Å². The highest BCUT2D eigenvalue weighted by Crippen LogP contribution is 2.45. The third-order valence-electron chi connectivity index (χ3n) is 17.5. The molecule has 0 amide bonds. The number of rotatable bonds is 76. The summed E-state index contributed by atoms with van der Waals surface area (Å²) in [5, 5.41) is 10.6. The molecule has 19 heteroatoms. The number of carbonyl (C=O) groups is 4. The van der Waals surface area contributed by atoms with Gasteiger partial charge in [0.1, 0.15) is 19.3 Å². The van der Waals surface area contributed by atoms with Gasteiger partial charge >= 0.3 is 39.5 Å². The molecular formula is C80H148O17P2. The molecule has 0 radical (unpaired) electrons. The van der Waals surface area contributed by atoms with Crippen molar-refractivity contribution in [2.75, 3.05) is 39.6 Å². The van der Waals surface area contributed by atoms with Crippen molar-refractivity contribution in [2.24, 2.45) is 5.92 Å². The molecule has 0 aliphatic rings. The van der Waals surface area contributed by atoms with Crippen molar-refractivity contribution in [3.8, 4) is 0 Å². The van der Waals surface area contributed by atoms with Crippen LogP contribution in [0.3, 0.4) is 0 Å². The summed E-state index contributed by atoms with van der Waals surface area (Å²) in [4.78, 5) is 72.9. The topological polar surface area (TPSA) is 237 Å². The second-order valence-electron chi connectivity index (χ2n) is 27.9. The minimum Gasteiger partial charge on any atom is -0.462 e. The fraction of sp³-hybridized carbons (Fsp3) is 0.850. The number of esters is 4. The van der Waals surface area contributed by atoms with Gasteiger partial charge in [-0.3, -0.25) is 37.3 Å². The Morgan fingerprint density at radius 2 is 0.545 bits per heavy atom. The highest BCUT2D eigenvalue weighted by Gasteiger charge is 2.30. The van der Waals surface area contributed by atoms with Crippen LogP contribution in [-0.2, 0) is 65.4 Å². The lowest BCUT2D eigenvalue weighted by molar-refractivity contribution is -0.161. The third kappa shape index (κ3) is 73.1. The second kappa shape index (κ2) is 72.0. The number of aliphatic hydroxyl groups is 1. The Kier molecular flexibility index (Phi) is 69.8. The highest BCUT2D eigenvalue weighted by atomic mass is 31.2. The Bertz CT molecular complexity index is 2080. The molecule has 0 aromatic heterocycles. The quantitative estimate of drug-likeness (QED) is 0.0169. The molecule has 0 fully saturated rings. The van der Waals surface area contributed by atoms with E-state index in [4.69, 9.17) is 37.0 Å². The van der Waals surface area contributed by atoms with Crippen molar-refractivity contribution in [3.05, 3.63) is 48.6 Å². The molecule has 0 spiro atoms. The summed E-state index contributed by atoms with van der Waals surface area (Å²) in [6.07, 6.45) is 68.3. The summed E-state index contributed by atoms with van der Waals surface area (Å²) in [6, 6.07) is 0. The van der Waals surface area contributed by atoms with Crippen molar-refractivity contribution in [1.29, 1.82) is 0 Å². The van der Waals surface area contributed by atoms with E-state index in [9.17, 15) is 43.2 Å². The van der Waals surface area contributed by atoms with Gasteiger partial charge < -0.3 is 33.8 Å². The van der Waals surface area contributed by atoms with Gasteiger partial charge in [0.15, 0.2) is 12.2 Å². The number of ether oxygens (including phenoxy) is 4. The predicted octanol–water partition coefficient (Wildman–Crippen LogP) is 23.1. The lowest BCUT2D eigenvalue weighted by atomic mass is 10.0. The van der Waals surface area contributed by atoms with Crippen LogP contribution in [0.15, 0.2) is 48.6 Å². The number of aliphatic hydroxyl groups excluding tert-OH is 1. The summed E-state index contributed by atoms with van der Waals surface area (Å²) < 4.78 is 68.6. The molecule has 0 rings (SSSR count). The number of hydrogen-bond donors (Lipinski definition) is 3. The van der Waals surface area contributed by atoms with Crippen molar-refractivity contribution < 1.29 is 80.2 Å². The number of hydrogen-bond acceptors (Lipinski definition) is 15. The average Bonchev–Trinajstić information content (AvgIpc) is 1.22. The second-order valence-corrected chi connectivity index (χ2v) is 30.8. The van der Waals surface area contributed by atoms with Gasteiger partial charge in [0.2, 0.25) is 0 Å². The zero-order valence-electron chi connectivity index (χ0n) is 63.6. The van der Waals surface area contributed by atoms with E-state index in [1.54, 1.807) is 0 Å². The molecule has 0 aromatic rings. The molecule has 3 N–H and O–H groups in total. The van der Waals surface area contributed by atoms with Crippen LogP contribution in [0, 0.1) is 5.92 Å². The van der Waals surface area contributed by atoms with Crippen LogP contribution in [0.25, 0.3) is 0 Å².